The van der Waals surface area contributed by atoms with E-state index in [1.165, 1.54) is 11.3 Å². The molecule has 0 aromatic heterocycles. The van der Waals surface area contributed by atoms with Crippen LogP contribution in [0.15, 0.2) is 29.5 Å². The zero-order valence-electron chi connectivity index (χ0n) is 25.0. The Morgan fingerprint density at radius 3 is 2.43 bits per heavy atom. The summed E-state index contributed by atoms with van der Waals surface area (Å²) in [6.07, 6.45) is 12.5. The van der Waals surface area contributed by atoms with Crippen LogP contribution in [0, 0.1) is 45.3 Å². The molecule has 4 fully saturated rings. The van der Waals surface area contributed by atoms with Crippen molar-refractivity contribution < 1.29 is 14.7 Å². The highest BCUT2D eigenvalue weighted by Gasteiger charge is 2.71. The Labute approximate surface area is 226 Å². The third-order valence-electron chi connectivity index (χ3n) is 12.3. The number of ketones is 1. The SMILES string of the molecule is C=CCO/N=C1\CC[C@@]2(C)C(CC[C@]3(C)C2CC(=O)C2C([C@@](C)(O)CCC=C(C)C)CC[C@]23C)C1(C)C. The molecule has 0 aromatic rings. The largest absolute Gasteiger partial charge is 0.392 e. The third kappa shape index (κ3) is 4.38. The number of Topliss-reactive ketones (excluding diaryl/α,β-unsaturated/α-hetero) is 1. The molecule has 4 heteroatoms. The summed E-state index contributed by atoms with van der Waals surface area (Å²) < 4.78 is 0. The normalized spacial score (nSPS) is 43.3. The molecular formula is C33H53NO3. The van der Waals surface area contributed by atoms with E-state index in [0.29, 0.717) is 30.6 Å². The quantitative estimate of drug-likeness (QED) is 0.215. The van der Waals surface area contributed by atoms with Gasteiger partial charge in [0.1, 0.15) is 12.4 Å². The van der Waals surface area contributed by atoms with Crippen LogP contribution in [-0.4, -0.2) is 28.8 Å². The van der Waals surface area contributed by atoms with E-state index < -0.39 is 5.60 Å². The Morgan fingerprint density at radius 1 is 1.11 bits per heavy atom. The maximum absolute atomic E-state index is 14.2. The average Bonchev–Trinajstić information content (AvgIpc) is 3.17. The third-order valence-corrected chi connectivity index (χ3v) is 12.3. The van der Waals surface area contributed by atoms with Gasteiger partial charge in [-0.05, 0) is 106 Å². The van der Waals surface area contributed by atoms with E-state index in [2.05, 4.69) is 66.3 Å². The van der Waals surface area contributed by atoms with Gasteiger partial charge < -0.3 is 9.94 Å². The lowest BCUT2D eigenvalue weighted by molar-refractivity contribution is -0.197. The highest BCUT2D eigenvalue weighted by molar-refractivity contribution is 5.91. The van der Waals surface area contributed by atoms with Crippen LogP contribution in [0.1, 0.15) is 113 Å². The standard InChI is InChI=1S/C33H53NO3/c1-10-20-37-34-27-15-17-30(6)25(29(27,4)5)14-19-31(7)26(30)21-24(35)28-23(13-18-32(28,31)8)33(9,36)16-11-12-22(2)3/h10,12,23,25-26,28,36H,1,11,13-21H2,2-9H3/b34-27+/t23?,25?,26?,28?,30-,31+,32+,33-/m0/s1. The van der Waals surface area contributed by atoms with Crippen LogP contribution < -0.4 is 0 Å². The molecule has 4 saturated carbocycles. The van der Waals surface area contributed by atoms with Crippen molar-refractivity contribution in [3.05, 3.63) is 24.3 Å². The molecule has 0 aromatic carbocycles. The summed E-state index contributed by atoms with van der Waals surface area (Å²) in [6, 6.07) is 0. The fourth-order valence-electron chi connectivity index (χ4n) is 10.1. The molecule has 0 aliphatic heterocycles. The van der Waals surface area contributed by atoms with Crippen molar-refractivity contribution in [1.29, 1.82) is 0 Å². The van der Waals surface area contributed by atoms with Crippen LogP contribution in [-0.2, 0) is 9.63 Å². The molecule has 4 rings (SSSR count). The van der Waals surface area contributed by atoms with Gasteiger partial charge in [0.15, 0.2) is 0 Å². The monoisotopic (exact) mass is 511 g/mol. The summed E-state index contributed by atoms with van der Waals surface area (Å²) >= 11 is 0. The second kappa shape index (κ2) is 9.65. The Kier molecular flexibility index (Phi) is 7.45. The molecule has 4 nitrogen and oxygen atoms in total. The summed E-state index contributed by atoms with van der Waals surface area (Å²) in [5.74, 6) is 1.30. The number of carbonyl (C=O) groups excluding carboxylic acids is 1. The summed E-state index contributed by atoms with van der Waals surface area (Å²) in [5, 5.41) is 16.3. The van der Waals surface area contributed by atoms with Gasteiger partial charge in [-0.1, -0.05) is 64.1 Å². The van der Waals surface area contributed by atoms with Crippen molar-refractivity contribution in [3.8, 4) is 0 Å². The van der Waals surface area contributed by atoms with E-state index in [-0.39, 0.29) is 33.5 Å². The van der Waals surface area contributed by atoms with E-state index in [0.717, 1.165) is 51.4 Å². The molecule has 208 valence electrons. The van der Waals surface area contributed by atoms with E-state index in [1.54, 1.807) is 6.08 Å². The van der Waals surface area contributed by atoms with Crippen LogP contribution in [0.5, 0.6) is 0 Å². The molecule has 0 amide bonds. The van der Waals surface area contributed by atoms with Gasteiger partial charge in [-0.2, -0.15) is 0 Å². The number of nitrogens with zero attached hydrogens (tertiary/aromatic N) is 1. The maximum atomic E-state index is 14.2. The van der Waals surface area contributed by atoms with Gasteiger partial charge in [0.25, 0.3) is 0 Å². The fraction of sp³-hybridized carbons (Fsp3) is 0.818. The Balaban J connectivity index is 1.64. The first-order valence-electron chi connectivity index (χ1n) is 14.8. The number of fused-ring (bicyclic) bond motifs is 5. The van der Waals surface area contributed by atoms with Crippen LogP contribution in [0.2, 0.25) is 0 Å². The van der Waals surface area contributed by atoms with E-state index in [9.17, 15) is 9.90 Å². The average molecular weight is 512 g/mol. The Hall–Kier alpha value is -1.42. The predicted molar refractivity (Wildman–Crippen MR) is 152 cm³/mol. The molecule has 1 N–H and O–H groups in total. The van der Waals surface area contributed by atoms with Gasteiger partial charge in [-0.25, -0.2) is 0 Å². The molecule has 0 heterocycles. The minimum absolute atomic E-state index is 0.0309. The van der Waals surface area contributed by atoms with Gasteiger partial charge in [0.2, 0.25) is 0 Å². The smallest absolute Gasteiger partial charge is 0.137 e. The second-order valence-electron chi connectivity index (χ2n) is 14.8. The fourth-order valence-corrected chi connectivity index (χ4v) is 10.1. The minimum Gasteiger partial charge on any atom is -0.392 e. The van der Waals surface area contributed by atoms with Crippen LogP contribution >= 0.6 is 0 Å². The van der Waals surface area contributed by atoms with Crippen molar-refractivity contribution in [2.75, 3.05) is 6.61 Å². The zero-order valence-corrected chi connectivity index (χ0v) is 25.0. The maximum Gasteiger partial charge on any atom is 0.137 e. The molecule has 0 bridgehead atoms. The van der Waals surface area contributed by atoms with Gasteiger partial charge in [-0.15, -0.1) is 0 Å². The van der Waals surface area contributed by atoms with Crippen LogP contribution in [0.4, 0.5) is 0 Å². The molecule has 4 aliphatic carbocycles. The van der Waals surface area contributed by atoms with E-state index >= 15 is 0 Å². The molecule has 0 radical (unpaired) electrons. The van der Waals surface area contributed by atoms with Gasteiger partial charge in [0, 0.05) is 17.8 Å². The lowest BCUT2D eigenvalue weighted by Gasteiger charge is -2.68. The molecule has 4 unspecified atom stereocenters. The number of carbonyl (C=O) groups is 1. The highest BCUT2D eigenvalue weighted by Crippen LogP contribution is 2.74. The van der Waals surface area contributed by atoms with Crippen molar-refractivity contribution in [1.82, 2.24) is 0 Å². The topological polar surface area (TPSA) is 58.9 Å². The van der Waals surface area contributed by atoms with Gasteiger partial charge >= 0.3 is 0 Å². The number of allylic oxidation sites excluding steroid dienone is 2. The van der Waals surface area contributed by atoms with Crippen molar-refractivity contribution in [3.63, 3.8) is 0 Å². The lowest BCUT2D eigenvalue weighted by Crippen LogP contribution is -2.65. The van der Waals surface area contributed by atoms with Gasteiger partial charge in [-0.3, -0.25) is 4.79 Å². The van der Waals surface area contributed by atoms with Crippen molar-refractivity contribution >= 4 is 11.5 Å². The summed E-state index contributed by atoms with van der Waals surface area (Å²) in [4.78, 5) is 19.7. The number of hydrogen-bond acceptors (Lipinski definition) is 4. The van der Waals surface area contributed by atoms with E-state index in [4.69, 9.17) is 4.84 Å². The first-order chi connectivity index (χ1) is 17.1. The number of aliphatic hydroxyl groups is 1. The van der Waals surface area contributed by atoms with E-state index in [1.807, 2.05) is 6.92 Å². The van der Waals surface area contributed by atoms with Crippen LogP contribution in [0.25, 0.3) is 0 Å². The van der Waals surface area contributed by atoms with Gasteiger partial charge in [0.05, 0.1) is 11.3 Å². The summed E-state index contributed by atoms with van der Waals surface area (Å²) in [6.45, 7) is 22.5. The lowest BCUT2D eigenvalue weighted by atomic mass is 9.35. The molecular weight excluding hydrogens is 458 g/mol. The van der Waals surface area contributed by atoms with Crippen molar-refractivity contribution in [2.45, 2.75) is 119 Å². The number of rotatable bonds is 7. The Bertz CT molecular complexity index is 972. The molecule has 0 saturated heterocycles. The Morgan fingerprint density at radius 2 is 1.78 bits per heavy atom. The summed E-state index contributed by atoms with van der Waals surface area (Å²) in [5.41, 5.74) is 1.74. The zero-order chi connectivity index (χ0) is 27.4. The highest BCUT2D eigenvalue weighted by atomic mass is 16.6. The molecule has 8 atom stereocenters. The minimum atomic E-state index is -0.808. The number of oxime groups is 1. The predicted octanol–water partition coefficient (Wildman–Crippen LogP) is 7.91. The first kappa shape index (κ1) is 28.6. The molecule has 4 aliphatic rings. The number of hydrogen-bond donors (Lipinski definition) is 1. The van der Waals surface area contributed by atoms with Crippen molar-refractivity contribution in [2.24, 2.45) is 50.5 Å². The second-order valence-corrected chi connectivity index (χ2v) is 14.8. The molecule has 37 heavy (non-hydrogen) atoms. The first-order valence-corrected chi connectivity index (χ1v) is 14.8. The van der Waals surface area contributed by atoms with Crippen LogP contribution in [0.3, 0.4) is 0 Å². The summed E-state index contributed by atoms with van der Waals surface area (Å²) in [7, 11) is 0. The molecule has 0 spiro atoms.